The maximum atomic E-state index is 6.07. The molecule has 0 unspecified atom stereocenters. The molecule has 0 aliphatic rings. The predicted octanol–water partition coefficient (Wildman–Crippen LogP) is 4.55. The molecular formula is C20H14ClN7S. The monoisotopic (exact) mass is 419 g/mol. The topological polar surface area (TPSA) is 85.2 Å². The number of halogens is 1. The fraction of sp³-hybridized carbons (Fsp3) is 0.0500. The van der Waals surface area contributed by atoms with Gasteiger partial charge in [0.2, 0.25) is 0 Å². The molecule has 5 aromatic rings. The fourth-order valence-electron chi connectivity index (χ4n) is 2.99. The van der Waals surface area contributed by atoms with Gasteiger partial charge in [-0.3, -0.25) is 9.55 Å². The number of H-pyrrole nitrogens is 1. The van der Waals surface area contributed by atoms with E-state index in [-0.39, 0.29) is 0 Å². The summed E-state index contributed by atoms with van der Waals surface area (Å²) in [5, 5.41) is 10.2. The lowest BCUT2D eigenvalue weighted by molar-refractivity contribution is 0.884. The van der Waals surface area contributed by atoms with E-state index in [1.54, 1.807) is 36.7 Å². The molecule has 1 N–H and O–H groups in total. The molecule has 0 atom stereocenters. The smallest absolute Gasteiger partial charge is 0.196 e. The second kappa shape index (κ2) is 7.65. The summed E-state index contributed by atoms with van der Waals surface area (Å²) in [5.41, 5.74) is 4.70. The molecule has 2 aromatic carbocycles. The molecule has 9 heteroatoms. The van der Waals surface area contributed by atoms with Gasteiger partial charge in [0.25, 0.3) is 0 Å². The first kappa shape index (κ1) is 17.8. The standard InChI is InChI=1S/C20H14ClN7S/c21-14-2-4-15(5-3-14)28-19(18-10-22-7-8-23-18)26-27-20(28)29-11-13-1-6-16-17(9-13)25-12-24-16/h1-10,12H,11H2,(H,24,25). The molecule has 0 aliphatic carbocycles. The summed E-state index contributed by atoms with van der Waals surface area (Å²) in [6.45, 7) is 0. The number of imidazole rings is 1. The Morgan fingerprint density at radius 2 is 1.90 bits per heavy atom. The average Bonchev–Trinajstić information content (AvgIpc) is 3.40. The highest BCUT2D eigenvalue weighted by Crippen LogP contribution is 2.29. The van der Waals surface area contributed by atoms with Crippen molar-refractivity contribution >= 4 is 34.4 Å². The molecule has 7 nitrogen and oxygen atoms in total. The molecule has 3 heterocycles. The molecule has 0 amide bonds. The Morgan fingerprint density at radius 1 is 1.00 bits per heavy atom. The van der Waals surface area contributed by atoms with Crippen molar-refractivity contribution in [3.05, 3.63) is 78.0 Å². The maximum Gasteiger partial charge on any atom is 0.196 e. The van der Waals surface area contributed by atoms with Gasteiger partial charge < -0.3 is 4.98 Å². The van der Waals surface area contributed by atoms with Gasteiger partial charge in [-0.1, -0.05) is 29.4 Å². The third-order valence-corrected chi connectivity index (χ3v) is 5.62. The SMILES string of the molecule is Clc1ccc(-n2c(SCc3ccc4nc[nH]c4c3)nnc2-c2cnccn2)cc1. The Kier molecular flexibility index (Phi) is 4.71. The molecule has 0 bridgehead atoms. The minimum atomic E-state index is 0.631. The minimum Gasteiger partial charge on any atom is -0.345 e. The Balaban J connectivity index is 1.51. The van der Waals surface area contributed by atoms with E-state index in [2.05, 4.69) is 42.3 Å². The van der Waals surface area contributed by atoms with Gasteiger partial charge in [0.1, 0.15) is 5.69 Å². The van der Waals surface area contributed by atoms with Crippen LogP contribution in [-0.4, -0.2) is 34.7 Å². The summed E-state index contributed by atoms with van der Waals surface area (Å²) in [7, 11) is 0. The molecule has 142 valence electrons. The number of rotatable bonds is 5. The highest BCUT2D eigenvalue weighted by Gasteiger charge is 2.17. The van der Waals surface area contributed by atoms with Gasteiger partial charge in [-0.2, -0.15) is 0 Å². The molecule has 0 spiro atoms. The van der Waals surface area contributed by atoms with Gasteiger partial charge in [-0.25, -0.2) is 9.97 Å². The lowest BCUT2D eigenvalue weighted by atomic mass is 10.2. The quantitative estimate of drug-likeness (QED) is 0.421. The molecule has 0 aliphatic heterocycles. The third-order valence-electron chi connectivity index (χ3n) is 4.36. The van der Waals surface area contributed by atoms with E-state index >= 15 is 0 Å². The summed E-state index contributed by atoms with van der Waals surface area (Å²) in [6.07, 6.45) is 6.65. The summed E-state index contributed by atoms with van der Waals surface area (Å²) < 4.78 is 1.97. The van der Waals surface area contributed by atoms with Crippen LogP contribution in [0.15, 0.2) is 72.5 Å². The zero-order valence-electron chi connectivity index (χ0n) is 15.0. The maximum absolute atomic E-state index is 6.07. The highest BCUT2D eigenvalue weighted by atomic mass is 35.5. The van der Waals surface area contributed by atoms with Crippen molar-refractivity contribution in [2.24, 2.45) is 0 Å². The van der Waals surface area contributed by atoms with Gasteiger partial charge in [-0.15, -0.1) is 10.2 Å². The summed E-state index contributed by atoms with van der Waals surface area (Å²) in [4.78, 5) is 15.9. The lowest BCUT2D eigenvalue weighted by Gasteiger charge is -2.10. The Morgan fingerprint density at radius 3 is 2.72 bits per heavy atom. The zero-order valence-corrected chi connectivity index (χ0v) is 16.6. The lowest BCUT2D eigenvalue weighted by Crippen LogP contribution is -2.01. The van der Waals surface area contributed by atoms with E-state index < -0.39 is 0 Å². The molecule has 0 saturated carbocycles. The Hall–Kier alpha value is -3.23. The van der Waals surface area contributed by atoms with Crippen LogP contribution >= 0.6 is 23.4 Å². The summed E-state index contributed by atoms with van der Waals surface area (Å²) >= 11 is 7.67. The van der Waals surface area contributed by atoms with Crippen LogP contribution in [0.4, 0.5) is 0 Å². The normalized spacial score (nSPS) is 11.2. The molecular weight excluding hydrogens is 406 g/mol. The van der Waals surface area contributed by atoms with Gasteiger partial charge in [0.05, 0.1) is 23.6 Å². The predicted molar refractivity (Wildman–Crippen MR) is 113 cm³/mol. The number of nitrogens with one attached hydrogen (secondary N) is 1. The van der Waals surface area contributed by atoms with Gasteiger partial charge in [0, 0.05) is 28.9 Å². The van der Waals surface area contributed by atoms with Gasteiger partial charge in [0.15, 0.2) is 11.0 Å². The fourth-order valence-corrected chi connectivity index (χ4v) is 4.01. The minimum absolute atomic E-state index is 0.631. The number of nitrogens with zero attached hydrogens (tertiary/aromatic N) is 6. The number of hydrogen-bond acceptors (Lipinski definition) is 6. The first-order valence-electron chi connectivity index (χ1n) is 8.80. The third kappa shape index (κ3) is 3.59. The molecule has 0 radical (unpaired) electrons. The van der Waals surface area contributed by atoms with Crippen LogP contribution in [0.3, 0.4) is 0 Å². The number of fused-ring (bicyclic) bond motifs is 1. The van der Waals surface area contributed by atoms with Crippen LogP contribution in [0, 0.1) is 0 Å². The Bertz CT molecular complexity index is 1270. The van der Waals surface area contributed by atoms with Crippen LogP contribution in [0.25, 0.3) is 28.2 Å². The molecule has 29 heavy (non-hydrogen) atoms. The van der Waals surface area contributed by atoms with Crippen LogP contribution in [0.2, 0.25) is 5.02 Å². The molecule has 3 aromatic heterocycles. The van der Waals surface area contributed by atoms with Crippen molar-refractivity contribution in [1.82, 2.24) is 34.7 Å². The van der Waals surface area contributed by atoms with Crippen molar-refractivity contribution in [2.75, 3.05) is 0 Å². The summed E-state index contributed by atoms with van der Waals surface area (Å²) in [6, 6.07) is 13.7. The van der Waals surface area contributed by atoms with Crippen molar-refractivity contribution in [2.45, 2.75) is 10.9 Å². The number of aromatic nitrogens is 7. The second-order valence-corrected chi connectivity index (χ2v) is 7.63. The van der Waals surface area contributed by atoms with Gasteiger partial charge in [-0.05, 0) is 42.0 Å². The highest BCUT2D eigenvalue weighted by molar-refractivity contribution is 7.98. The van der Waals surface area contributed by atoms with E-state index in [1.807, 2.05) is 34.9 Å². The van der Waals surface area contributed by atoms with E-state index in [0.717, 1.165) is 27.6 Å². The molecule has 0 saturated heterocycles. The van der Waals surface area contributed by atoms with Crippen LogP contribution < -0.4 is 0 Å². The largest absolute Gasteiger partial charge is 0.345 e. The summed E-state index contributed by atoms with van der Waals surface area (Å²) in [5.74, 6) is 1.37. The van der Waals surface area contributed by atoms with Crippen molar-refractivity contribution < 1.29 is 0 Å². The van der Waals surface area contributed by atoms with Gasteiger partial charge >= 0.3 is 0 Å². The first-order valence-corrected chi connectivity index (χ1v) is 10.2. The Labute approximate surface area is 175 Å². The number of hydrogen-bond donors (Lipinski definition) is 1. The molecule has 5 rings (SSSR count). The first-order chi connectivity index (χ1) is 14.3. The second-order valence-electron chi connectivity index (χ2n) is 6.25. The van der Waals surface area contributed by atoms with Crippen LogP contribution in [-0.2, 0) is 5.75 Å². The number of aromatic amines is 1. The number of benzene rings is 2. The van der Waals surface area contributed by atoms with E-state index in [1.165, 1.54) is 5.56 Å². The van der Waals surface area contributed by atoms with E-state index in [0.29, 0.717) is 16.5 Å². The van der Waals surface area contributed by atoms with Crippen molar-refractivity contribution in [3.63, 3.8) is 0 Å². The zero-order chi connectivity index (χ0) is 19.6. The number of thioether (sulfide) groups is 1. The van der Waals surface area contributed by atoms with E-state index in [4.69, 9.17) is 11.6 Å². The van der Waals surface area contributed by atoms with Crippen molar-refractivity contribution in [1.29, 1.82) is 0 Å². The van der Waals surface area contributed by atoms with Crippen LogP contribution in [0.1, 0.15) is 5.56 Å². The van der Waals surface area contributed by atoms with E-state index in [9.17, 15) is 0 Å². The average molecular weight is 420 g/mol. The van der Waals surface area contributed by atoms with Crippen molar-refractivity contribution in [3.8, 4) is 17.2 Å². The van der Waals surface area contributed by atoms with Crippen LogP contribution in [0.5, 0.6) is 0 Å². The molecule has 0 fully saturated rings.